The van der Waals surface area contributed by atoms with E-state index in [4.69, 9.17) is 0 Å². The van der Waals surface area contributed by atoms with Gasteiger partial charge in [-0.3, -0.25) is 4.98 Å². The highest BCUT2D eigenvalue weighted by Crippen LogP contribution is 2.31. The quantitative estimate of drug-likeness (QED) is 0.889. The van der Waals surface area contributed by atoms with Gasteiger partial charge in [0, 0.05) is 19.6 Å². The summed E-state index contributed by atoms with van der Waals surface area (Å²) in [6, 6.07) is 0. The van der Waals surface area contributed by atoms with E-state index < -0.39 is 0 Å². The van der Waals surface area contributed by atoms with Crippen LogP contribution in [0.4, 0.5) is 11.6 Å². The number of piperidine rings is 1. The molecular formula is C14H24N4. The predicted octanol–water partition coefficient (Wildman–Crippen LogP) is 2.92. The highest BCUT2D eigenvalue weighted by molar-refractivity contribution is 5.44. The second kappa shape index (κ2) is 5.55. The van der Waals surface area contributed by atoms with Crippen LogP contribution in [-0.2, 0) is 0 Å². The van der Waals surface area contributed by atoms with Crippen molar-refractivity contribution in [3.8, 4) is 0 Å². The minimum absolute atomic E-state index is 0.474. The van der Waals surface area contributed by atoms with Crippen LogP contribution in [0.15, 0.2) is 12.4 Å². The Labute approximate surface area is 110 Å². The number of nitrogens with one attached hydrogen (secondary N) is 1. The summed E-state index contributed by atoms with van der Waals surface area (Å²) >= 11 is 0. The Morgan fingerprint density at radius 2 is 2.00 bits per heavy atom. The van der Waals surface area contributed by atoms with Gasteiger partial charge >= 0.3 is 0 Å². The Balaban J connectivity index is 2.00. The van der Waals surface area contributed by atoms with Gasteiger partial charge in [-0.25, -0.2) is 4.98 Å². The number of anilines is 2. The number of nitrogens with zero attached hydrogens (tertiary/aromatic N) is 3. The highest BCUT2D eigenvalue weighted by atomic mass is 15.2. The lowest BCUT2D eigenvalue weighted by molar-refractivity contribution is 0.279. The van der Waals surface area contributed by atoms with Crippen molar-refractivity contribution in [1.82, 2.24) is 9.97 Å². The summed E-state index contributed by atoms with van der Waals surface area (Å²) in [5.74, 6) is 1.89. The van der Waals surface area contributed by atoms with Crippen LogP contribution in [0.5, 0.6) is 0 Å². The number of hydrogen-bond donors (Lipinski definition) is 1. The van der Waals surface area contributed by atoms with Crippen molar-refractivity contribution in [3.63, 3.8) is 0 Å². The molecule has 1 aliphatic rings. The van der Waals surface area contributed by atoms with E-state index in [0.29, 0.717) is 5.41 Å². The van der Waals surface area contributed by atoms with Crippen LogP contribution in [0.1, 0.15) is 40.0 Å². The Hall–Kier alpha value is -1.32. The first-order chi connectivity index (χ1) is 8.61. The molecule has 0 saturated carbocycles. The van der Waals surface area contributed by atoms with Gasteiger partial charge < -0.3 is 10.2 Å². The second-order valence-corrected chi connectivity index (χ2v) is 5.84. The third-order valence-corrected chi connectivity index (χ3v) is 3.62. The van der Waals surface area contributed by atoms with E-state index in [-0.39, 0.29) is 0 Å². The van der Waals surface area contributed by atoms with Crippen LogP contribution in [0.25, 0.3) is 0 Å². The maximum absolute atomic E-state index is 4.63. The Morgan fingerprint density at radius 1 is 1.28 bits per heavy atom. The maximum atomic E-state index is 4.63. The van der Waals surface area contributed by atoms with Crippen molar-refractivity contribution in [3.05, 3.63) is 12.4 Å². The van der Waals surface area contributed by atoms with Crippen molar-refractivity contribution in [2.24, 2.45) is 5.41 Å². The molecular weight excluding hydrogens is 224 g/mol. The Kier molecular flexibility index (Phi) is 4.04. The molecule has 0 aromatic carbocycles. The minimum atomic E-state index is 0.474. The smallest absolute Gasteiger partial charge is 0.149 e. The van der Waals surface area contributed by atoms with Crippen molar-refractivity contribution in [1.29, 1.82) is 0 Å². The molecule has 1 saturated heterocycles. The number of hydrogen-bond acceptors (Lipinski definition) is 4. The molecule has 0 amide bonds. The van der Waals surface area contributed by atoms with Gasteiger partial charge in [0.25, 0.3) is 0 Å². The Bertz CT molecular complexity index is 379. The third kappa shape index (κ3) is 3.34. The monoisotopic (exact) mass is 248 g/mol. The molecule has 0 unspecified atom stereocenters. The molecule has 2 heterocycles. The van der Waals surface area contributed by atoms with E-state index in [9.17, 15) is 0 Å². The van der Waals surface area contributed by atoms with E-state index >= 15 is 0 Å². The van der Waals surface area contributed by atoms with Gasteiger partial charge in [-0.15, -0.1) is 0 Å². The van der Waals surface area contributed by atoms with Gasteiger partial charge in [-0.05, 0) is 24.7 Å². The average Bonchev–Trinajstić information content (AvgIpc) is 2.37. The molecule has 1 aromatic heterocycles. The van der Waals surface area contributed by atoms with Crippen LogP contribution in [0, 0.1) is 5.41 Å². The molecule has 1 N–H and O–H groups in total. The standard InChI is InChI=1S/C14H24N4/c1-4-7-16-12-10-15-11-13(17-12)18-8-5-14(2,3)6-9-18/h10-11H,4-9H2,1-3H3,(H,16,17). The molecule has 0 aliphatic carbocycles. The summed E-state index contributed by atoms with van der Waals surface area (Å²) in [6.45, 7) is 9.95. The number of rotatable bonds is 4. The van der Waals surface area contributed by atoms with Crippen LogP contribution in [0.3, 0.4) is 0 Å². The predicted molar refractivity (Wildman–Crippen MR) is 76.0 cm³/mol. The Morgan fingerprint density at radius 3 is 2.67 bits per heavy atom. The SMILES string of the molecule is CCCNc1cncc(N2CCC(C)(C)CC2)n1. The summed E-state index contributed by atoms with van der Waals surface area (Å²) in [5.41, 5.74) is 0.474. The lowest BCUT2D eigenvalue weighted by atomic mass is 9.83. The normalized spacial score (nSPS) is 18.7. The van der Waals surface area contributed by atoms with Gasteiger partial charge in [0.1, 0.15) is 11.6 Å². The average molecular weight is 248 g/mol. The van der Waals surface area contributed by atoms with Crippen molar-refractivity contribution >= 4 is 11.6 Å². The van der Waals surface area contributed by atoms with E-state index in [1.54, 1.807) is 6.20 Å². The zero-order valence-corrected chi connectivity index (χ0v) is 11.7. The molecule has 1 aliphatic heterocycles. The van der Waals surface area contributed by atoms with Gasteiger partial charge in [0.15, 0.2) is 0 Å². The second-order valence-electron chi connectivity index (χ2n) is 5.84. The van der Waals surface area contributed by atoms with Crippen molar-refractivity contribution < 1.29 is 0 Å². The molecule has 4 nitrogen and oxygen atoms in total. The first-order valence-electron chi connectivity index (χ1n) is 6.91. The molecule has 18 heavy (non-hydrogen) atoms. The van der Waals surface area contributed by atoms with Crippen LogP contribution >= 0.6 is 0 Å². The van der Waals surface area contributed by atoms with Gasteiger partial charge in [0.05, 0.1) is 12.4 Å². The van der Waals surface area contributed by atoms with E-state index in [1.165, 1.54) is 12.8 Å². The zero-order chi connectivity index (χ0) is 13.0. The lowest BCUT2D eigenvalue weighted by Crippen LogP contribution is -2.37. The van der Waals surface area contributed by atoms with E-state index in [2.05, 4.69) is 41.0 Å². The van der Waals surface area contributed by atoms with Crippen molar-refractivity contribution in [2.45, 2.75) is 40.0 Å². The highest BCUT2D eigenvalue weighted by Gasteiger charge is 2.26. The van der Waals surface area contributed by atoms with Gasteiger partial charge in [-0.1, -0.05) is 20.8 Å². The molecule has 1 fully saturated rings. The molecule has 0 bridgehead atoms. The number of aromatic nitrogens is 2. The molecule has 0 atom stereocenters. The third-order valence-electron chi connectivity index (χ3n) is 3.62. The fraction of sp³-hybridized carbons (Fsp3) is 0.714. The van der Waals surface area contributed by atoms with Crippen LogP contribution in [-0.4, -0.2) is 29.6 Å². The van der Waals surface area contributed by atoms with Crippen LogP contribution in [0.2, 0.25) is 0 Å². The molecule has 100 valence electrons. The summed E-state index contributed by atoms with van der Waals surface area (Å²) in [5, 5.41) is 3.29. The molecule has 2 rings (SSSR count). The van der Waals surface area contributed by atoms with Crippen LogP contribution < -0.4 is 10.2 Å². The lowest BCUT2D eigenvalue weighted by Gasteiger charge is -2.37. The zero-order valence-electron chi connectivity index (χ0n) is 11.7. The van der Waals surface area contributed by atoms with E-state index in [0.717, 1.165) is 37.7 Å². The van der Waals surface area contributed by atoms with Gasteiger partial charge in [0.2, 0.25) is 0 Å². The summed E-state index contributed by atoms with van der Waals surface area (Å²) in [4.78, 5) is 11.3. The summed E-state index contributed by atoms with van der Waals surface area (Å²) in [7, 11) is 0. The molecule has 1 aromatic rings. The maximum Gasteiger partial charge on any atom is 0.149 e. The summed E-state index contributed by atoms with van der Waals surface area (Å²) < 4.78 is 0. The van der Waals surface area contributed by atoms with E-state index in [1.807, 2.05) is 6.20 Å². The molecule has 4 heteroatoms. The molecule has 0 spiro atoms. The largest absolute Gasteiger partial charge is 0.369 e. The molecule has 0 radical (unpaired) electrons. The first-order valence-corrected chi connectivity index (χ1v) is 6.91. The van der Waals surface area contributed by atoms with Crippen molar-refractivity contribution in [2.75, 3.05) is 29.9 Å². The van der Waals surface area contributed by atoms with Gasteiger partial charge in [-0.2, -0.15) is 0 Å². The topological polar surface area (TPSA) is 41.1 Å². The fourth-order valence-electron chi connectivity index (χ4n) is 2.19. The fourth-order valence-corrected chi connectivity index (χ4v) is 2.19. The first kappa shape index (κ1) is 13.1. The minimum Gasteiger partial charge on any atom is -0.369 e. The summed E-state index contributed by atoms with van der Waals surface area (Å²) in [6.07, 6.45) is 7.22.